The van der Waals surface area contributed by atoms with Gasteiger partial charge < -0.3 is 9.64 Å². The Balaban J connectivity index is 1.35. The highest BCUT2D eigenvalue weighted by Gasteiger charge is 2.38. The summed E-state index contributed by atoms with van der Waals surface area (Å²) in [5, 5.41) is 0. The molecule has 3 fully saturated rings. The van der Waals surface area contributed by atoms with Crippen molar-refractivity contribution in [1.82, 2.24) is 9.80 Å². The summed E-state index contributed by atoms with van der Waals surface area (Å²) in [4.78, 5) is 17.7. The van der Waals surface area contributed by atoms with Gasteiger partial charge in [-0.1, -0.05) is 30.3 Å². The molecule has 4 nitrogen and oxygen atoms in total. The highest BCUT2D eigenvalue weighted by Crippen LogP contribution is 2.32. The molecule has 2 atom stereocenters. The van der Waals surface area contributed by atoms with E-state index in [-0.39, 0.29) is 6.04 Å². The molecule has 0 aromatic heterocycles. The fraction of sp³-hybridized carbons (Fsp3) is 0.667. The predicted molar refractivity (Wildman–Crippen MR) is 98.1 cm³/mol. The van der Waals surface area contributed by atoms with Crippen molar-refractivity contribution in [2.45, 2.75) is 44.7 Å². The molecule has 3 aliphatic rings. The number of carbonyl (C=O) groups excluding carboxylic acids is 1. The van der Waals surface area contributed by atoms with Crippen LogP contribution < -0.4 is 0 Å². The maximum atomic E-state index is 13.1. The molecule has 1 aromatic carbocycles. The van der Waals surface area contributed by atoms with Gasteiger partial charge in [-0.15, -0.1) is 0 Å². The fourth-order valence-electron chi connectivity index (χ4n) is 4.88. The van der Waals surface area contributed by atoms with Crippen LogP contribution in [0.15, 0.2) is 30.3 Å². The van der Waals surface area contributed by atoms with E-state index in [2.05, 4.69) is 40.1 Å². The lowest BCUT2D eigenvalue weighted by Crippen LogP contribution is -2.44. The summed E-state index contributed by atoms with van der Waals surface area (Å²) in [7, 11) is 0. The van der Waals surface area contributed by atoms with Crippen molar-refractivity contribution in [2.75, 3.05) is 32.8 Å². The number of likely N-dealkylation sites (tertiary alicyclic amines) is 2. The normalized spacial score (nSPS) is 28.6. The average molecular weight is 342 g/mol. The SMILES string of the molecule is O=C(C1CCCN1Cc1ccccc1)N1CCC(C2CCOCC2)C1. The first-order chi connectivity index (χ1) is 12.3. The summed E-state index contributed by atoms with van der Waals surface area (Å²) < 4.78 is 5.50. The van der Waals surface area contributed by atoms with Gasteiger partial charge >= 0.3 is 0 Å². The molecule has 0 radical (unpaired) electrons. The molecule has 0 saturated carbocycles. The molecular formula is C21H30N2O2. The van der Waals surface area contributed by atoms with Crippen LogP contribution in [0.2, 0.25) is 0 Å². The Morgan fingerprint density at radius 2 is 1.80 bits per heavy atom. The van der Waals surface area contributed by atoms with E-state index in [0.717, 1.165) is 58.2 Å². The minimum Gasteiger partial charge on any atom is -0.381 e. The number of amides is 1. The Morgan fingerprint density at radius 3 is 2.60 bits per heavy atom. The van der Waals surface area contributed by atoms with Crippen molar-refractivity contribution in [3.63, 3.8) is 0 Å². The zero-order chi connectivity index (χ0) is 17.1. The third-order valence-corrected chi connectivity index (χ3v) is 6.35. The molecule has 2 unspecified atom stereocenters. The highest BCUT2D eigenvalue weighted by atomic mass is 16.5. The van der Waals surface area contributed by atoms with E-state index in [1.165, 1.54) is 24.8 Å². The predicted octanol–water partition coefficient (Wildman–Crippen LogP) is 2.93. The lowest BCUT2D eigenvalue weighted by Gasteiger charge is -2.30. The third kappa shape index (κ3) is 3.90. The quantitative estimate of drug-likeness (QED) is 0.843. The molecule has 0 spiro atoms. The highest BCUT2D eigenvalue weighted by molar-refractivity contribution is 5.82. The molecular weight excluding hydrogens is 312 g/mol. The van der Waals surface area contributed by atoms with Gasteiger partial charge in [0.2, 0.25) is 5.91 Å². The molecule has 0 aliphatic carbocycles. The molecule has 1 aromatic rings. The van der Waals surface area contributed by atoms with Gasteiger partial charge in [-0.25, -0.2) is 0 Å². The molecule has 25 heavy (non-hydrogen) atoms. The van der Waals surface area contributed by atoms with Crippen LogP contribution in [0.5, 0.6) is 0 Å². The van der Waals surface area contributed by atoms with Crippen LogP contribution in [-0.2, 0) is 16.1 Å². The van der Waals surface area contributed by atoms with Crippen molar-refractivity contribution in [1.29, 1.82) is 0 Å². The van der Waals surface area contributed by atoms with Crippen molar-refractivity contribution >= 4 is 5.91 Å². The molecule has 3 saturated heterocycles. The van der Waals surface area contributed by atoms with E-state index in [1.807, 2.05) is 0 Å². The van der Waals surface area contributed by atoms with Crippen molar-refractivity contribution < 1.29 is 9.53 Å². The molecule has 3 heterocycles. The first kappa shape index (κ1) is 17.0. The Labute approximate surface area is 151 Å². The van der Waals surface area contributed by atoms with Crippen LogP contribution >= 0.6 is 0 Å². The maximum absolute atomic E-state index is 13.1. The largest absolute Gasteiger partial charge is 0.381 e. The number of carbonyl (C=O) groups is 1. The Hall–Kier alpha value is -1.39. The van der Waals surface area contributed by atoms with Crippen LogP contribution in [0, 0.1) is 11.8 Å². The van der Waals surface area contributed by atoms with Crippen LogP contribution in [0.25, 0.3) is 0 Å². The monoisotopic (exact) mass is 342 g/mol. The van der Waals surface area contributed by atoms with E-state index in [4.69, 9.17) is 4.74 Å². The summed E-state index contributed by atoms with van der Waals surface area (Å²) in [6.45, 7) is 5.68. The zero-order valence-electron chi connectivity index (χ0n) is 15.1. The smallest absolute Gasteiger partial charge is 0.239 e. The summed E-state index contributed by atoms with van der Waals surface area (Å²) in [5.41, 5.74) is 1.31. The van der Waals surface area contributed by atoms with Crippen LogP contribution in [0.3, 0.4) is 0 Å². The van der Waals surface area contributed by atoms with Gasteiger partial charge in [-0.3, -0.25) is 9.69 Å². The lowest BCUT2D eigenvalue weighted by molar-refractivity contribution is -0.135. The van der Waals surface area contributed by atoms with Gasteiger partial charge in [0.05, 0.1) is 6.04 Å². The van der Waals surface area contributed by atoms with Crippen molar-refractivity contribution in [3.8, 4) is 0 Å². The van der Waals surface area contributed by atoms with Gasteiger partial charge in [0.25, 0.3) is 0 Å². The number of hydrogen-bond donors (Lipinski definition) is 0. The molecule has 1 amide bonds. The van der Waals surface area contributed by atoms with Gasteiger partial charge in [0.15, 0.2) is 0 Å². The van der Waals surface area contributed by atoms with Gasteiger partial charge in [0, 0.05) is 32.8 Å². The number of benzene rings is 1. The Bertz CT molecular complexity index is 571. The second-order valence-corrected chi connectivity index (χ2v) is 7.90. The molecule has 0 N–H and O–H groups in total. The maximum Gasteiger partial charge on any atom is 0.239 e. The van der Waals surface area contributed by atoms with Crippen LogP contribution in [0.1, 0.15) is 37.7 Å². The second-order valence-electron chi connectivity index (χ2n) is 7.90. The zero-order valence-corrected chi connectivity index (χ0v) is 15.1. The summed E-state index contributed by atoms with van der Waals surface area (Å²) in [5.74, 6) is 1.83. The first-order valence-electron chi connectivity index (χ1n) is 9.96. The van der Waals surface area contributed by atoms with Gasteiger partial charge in [-0.2, -0.15) is 0 Å². The van der Waals surface area contributed by atoms with Crippen LogP contribution in [0.4, 0.5) is 0 Å². The van der Waals surface area contributed by atoms with E-state index >= 15 is 0 Å². The van der Waals surface area contributed by atoms with Gasteiger partial charge in [-0.05, 0) is 56.0 Å². The minimum absolute atomic E-state index is 0.0913. The number of ether oxygens (including phenoxy) is 1. The number of rotatable bonds is 4. The molecule has 4 rings (SSSR count). The van der Waals surface area contributed by atoms with E-state index < -0.39 is 0 Å². The fourth-order valence-corrected chi connectivity index (χ4v) is 4.88. The van der Waals surface area contributed by atoms with Crippen molar-refractivity contribution in [3.05, 3.63) is 35.9 Å². The Kier molecular flexibility index (Phi) is 5.37. The lowest BCUT2D eigenvalue weighted by atomic mass is 9.85. The van der Waals surface area contributed by atoms with E-state index in [9.17, 15) is 4.79 Å². The summed E-state index contributed by atoms with van der Waals surface area (Å²) in [6.07, 6.45) is 5.69. The minimum atomic E-state index is 0.0913. The van der Waals surface area contributed by atoms with E-state index in [1.54, 1.807) is 0 Å². The topological polar surface area (TPSA) is 32.8 Å². The second kappa shape index (κ2) is 7.88. The molecule has 4 heteroatoms. The van der Waals surface area contributed by atoms with Gasteiger partial charge in [0.1, 0.15) is 0 Å². The third-order valence-electron chi connectivity index (χ3n) is 6.35. The first-order valence-corrected chi connectivity index (χ1v) is 9.96. The summed E-state index contributed by atoms with van der Waals surface area (Å²) >= 11 is 0. The number of nitrogens with zero attached hydrogens (tertiary/aromatic N) is 2. The summed E-state index contributed by atoms with van der Waals surface area (Å²) in [6, 6.07) is 10.6. The average Bonchev–Trinajstić information content (AvgIpc) is 3.32. The Morgan fingerprint density at radius 1 is 1.00 bits per heavy atom. The molecule has 0 bridgehead atoms. The van der Waals surface area contributed by atoms with E-state index in [0.29, 0.717) is 11.8 Å². The standard InChI is InChI=1S/C21H30N2O2/c24-21(23-12-8-19(16-23)18-9-13-25-14-10-18)20-7-4-11-22(20)15-17-5-2-1-3-6-17/h1-3,5-6,18-20H,4,7-16H2. The van der Waals surface area contributed by atoms with Crippen molar-refractivity contribution in [2.24, 2.45) is 11.8 Å². The van der Waals surface area contributed by atoms with Crippen LogP contribution in [-0.4, -0.2) is 54.6 Å². The number of hydrogen-bond acceptors (Lipinski definition) is 3. The molecule has 3 aliphatic heterocycles. The molecule has 136 valence electrons.